The summed E-state index contributed by atoms with van der Waals surface area (Å²) in [5, 5.41) is 9.34. The van der Waals surface area contributed by atoms with E-state index in [0.717, 1.165) is 22.6 Å². The number of amides is 1. The van der Waals surface area contributed by atoms with Crippen LogP contribution in [0.1, 0.15) is 11.1 Å². The van der Waals surface area contributed by atoms with E-state index < -0.39 is 0 Å². The summed E-state index contributed by atoms with van der Waals surface area (Å²) < 4.78 is 18.8. The summed E-state index contributed by atoms with van der Waals surface area (Å²) in [6.45, 7) is 2.14. The Balaban J connectivity index is 1.27. The Morgan fingerprint density at radius 1 is 1.00 bits per heavy atom. The molecule has 0 saturated heterocycles. The molecule has 0 bridgehead atoms. The summed E-state index contributed by atoms with van der Waals surface area (Å²) in [5.41, 5.74) is 2.09. The number of rotatable bonds is 8. The fourth-order valence-corrected chi connectivity index (χ4v) is 4.56. The molecule has 0 aliphatic carbocycles. The molecule has 0 N–H and O–H groups in total. The highest BCUT2D eigenvalue weighted by Gasteiger charge is 2.19. The number of thioether (sulfide) groups is 1. The van der Waals surface area contributed by atoms with Gasteiger partial charge in [-0.25, -0.2) is 0 Å². The lowest BCUT2D eigenvalue weighted by molar-refractivity contribution is -0.127. The lowest BCUT2D eigenvalue weighted by atomic mass is 10.2. The number of hydrogen-bond acceptors (Lipinski definition) is 7. The van der Waals surface area contributed by atoms with Crippen molar-refractivity contribution in [2.45, 2.75) is 18.2 Å². The molecule has 3 heterocycles. The number of carbonyl (C=O) groups is 1. The first-order chi connectivity index (χ1) is 16.7. The molecule has 2 aromatic carbocycles. The predicted octanol–water partition coefficient (Wildman–Crippen LogP) is 4.11. The number of nitrogens with zero attached hydrogens (tertiary/aromatic N) is 4. The van der Waals surface area contributed by atoms with Gasteiger partial charge in [-0.05, 0) is 35.4 Å². The van der Waals surface area contributed by atoms with E-state index in [0.29, 0.717) is 43.0 Å². The smallest absolute Gasteiger partial charge is 0.233 e. The van der Waals surface area contributed by atoms with Crippen LogP contribution in [0.3, 0.4) is 0 Å². The van der Waals surface area contributed by atoms with E-state index in [4.69, 9.17) is 13.9 Å². The molecule has 0 radical (unpaired) electrons. The highest BCUT2D eigenvalue weighted by molar-refractivity contribution is 7.99. The number of benzene rings is 2. The van der Waals surface area contributed by atoms with Gasteiger partial charge >= 0.3 is 0 Å². The molecule has 34 heavy (non-hydrogen) atoms. The van der Waals surface area contributed by atoms with Gasteiger partial charge in [-0.2, -0.15) is 0 Å². The second-order valence-electron chi connectivity index (χ2n) is 7.87. The average molecular weight is 477 g/mol. The van der Waals surface area contributed by atoms with E-state index >= 15 is 0 Å². The summed E-state index contributed by atoms with van der Waals surface area (Å²) in [4.78, 5) is 14.6. The van der Waals surface area contributed by atoms with Gasteiger partial charge in [-0.1, -0.05) is 48.2 Å². The summed E-state index contributed by atoms with van der Waals surface area (Å²) >= 11 is 1.37. The van der Waals surface area contributed by atoms with E-state index in [-0.39, 0.29) is 11.7 Å². The van der Waals surface area contributed by atoms with Gasteiger partial charge in [0.25, 0.3) is 0 Å². The van der Waals surface area contributed by atoms with Crippen LogP contribution in [0.4, 0.5) is 0 Å². The van der Waals surface area contributed by atoms with Crippen LogP contribution in [0.15, 0.2) is 76.5 Å². The van der Waals surface area contributed by atoms with Gasteiger partial charge in [0, 0.05) is 13.6 Å². The second kappa shape index (κ2) is 10.0. The van der Waals surface area contributed by atoms with Gasteiger partial charge in [0.1, 0.15) is 13.2 Å². The molecule has 2 aromatic heterocycles. The molecule has 1 aliphatic heterocycles. The van der Waals surface area contributed by atoms with Crippen LogP contribution in [-0.2, 0) is 17.9 Å². The van der Waals surface area contributed by atoms with Gasteiger partial charge in [-0.15, -0.1) is 10.2 Å². The van der Waals surface area contributed by atoms with Crippen molar-refractivity contribution in [3.05, 3.63) is 78.1 Å². The first-order valence-corrected chi connectivity index (χ1v) is 11.9. The molecular weight excluding hydrogens is 452 g/mol. The minimum absolute atomic E-state index is 0.00583. The number of aromatic nitrogens is 3. The maximum Gasteiger partial charge on any atom is 0.233 e. The molecule has 0 saturated carbocycles. The molecule has 0 spiro atoms. The van der Waals surface area contributed by atoms with Crippen LogP contribution in [0.25, 0.3) is 11.6 Å². The predicted molar refractivity (Wildman–Crippen MR) is 128 cm³/mol. The summed E-state index contributed by atoms with van der Waals surface area (Å²) in [6, 6.07) is 19.5. The third-order valence-corrected chi connectivity index (χ3v) is 6.37. The molecule has 9 heteroatoms. The van der Waals surface area contributed by atoms with Gasteiger partial charge in [-0.3, -0.25) is 9.36 Å². The summed E-state index contributed by atoms with van der Waals surface area (Å²) in [5.74, 6) is 2.97. The van der Waals surface area contributed by atoms with Crippen LogP contribution >= 0.6 is 11.8 Å². The lowest BCUT2D eigenvalue weighted by Gasteiger charge is -2.21. The Morgan fingerprint density at radius 2 is 1.82 bits per heavy atom. The first-order valence-electron chi connectivity index (χ1n) is 10.9. The molecule has 0 unspecified atom stereocenters. The van der Waals surface area contributed by atoms with Gasteiger partial charge in [0.15, 0.2) is 22.4 Å². The van der Waals surface area contributed by atoms with Crippen LogP contribution in [0.5, 0.6) is 11.5 Å². The minimum Gasteiger partial charge on any atom is -0.486 e. The molecule has 174 valence electrons. The first kappa shape index (κ1) is 22.1. The largest absolute Gasteiger partial charge is 0.486 e. The van der Waals surface area contributed by atoms with Crippen molar-refractivity contribution in [3.63, 3.8) is 0 Å². The number of fused-ring (bicyclic) bond motifs is 1. The zero-order valence-electron chi connectivity index (χ0n) is 18.7. The third kappa shape index (κ3) is 4.94. The Bertz CT molecular complexity index is 1260. The number of hydrogen-bond donors (Lipinski definition) is 0. The maximum absolute atomic E-state index is 12.9. The zero-order chi connectivity index (χ0) is 23.3. The van der Waals surface area contributed by atoms with E-state index in [2.05, 4.69) is 10.2 Å². The number of carbonyl (C=O) groups excluding carboxylic acids is 1. The molecule has 1 aliphatic rings. The van der Waals surface area contributed by atoms with Gasteiger partial charge in [0.05, 0.1) is 18.6 Å². The molecule has 4 aromatic rings. The van der Waals surface area contributed by atoms with Crippen molar-refractivity contribution in [2.75, 3.05) is 26.0 Å². The quantitative estimate of drug-likeness (QED) is 0.354. The fraction of sp³-hybridized carbons (Fsp3) is 0.240. The molecule has 0 fully saturated rings. The van der Waals surface area contributed by atoms with E-state index in [1.165, 1.54) is 11.8 Å². The Labute approximate surface area is 201 Å². The van der Waals surface area contributed by atoms with E-state index in [1.54, 1.807) is 18.2 Å². The molecule has 5 rings (SSSR count). The van der Waals surface area contributed by atoms with Crippen LogP contribution in [0, 0.1) is 0 Å². The highest BCUT2D eigenvalue weighted by Crippen LogP contribution is 2.31. The van der Waals surface area contributed by atoms with Crippen LogP contribution in [-0.4, -0.2) is 51.6 Å². The van der Waals surface area contributed by atoms with Crippen molar-refractivity contribution in [1.29, 1.82) is 0 Å². The normalized spacial score (nSPS) is 12.5. The van der Waals surface area contributed by atoms with Gasteiger partial charge < -0.3 is 18.8 Å². The summed E-state index contributed by atoms with van der Waals surface area (Å²) in [6.07, 6.45) is 1.61. The van der Waals surface area contributed by atoms with Crippen molar-refractivity contribution < 1.29 is 18.7 Å². The topological polar surface area (TPSA) is 82.6 Å². The van der Waals surface area contributed by atoms with Crippen LogP contribution in [0.2, 0.25) is 0 Å². The molecular formula is C25H24N4O4S. The second-order valence-corrected chi connectivity index (χ2v) is 8.81. The standard InChI is InChI=1S/C25H24N4O4S/c1-28(15-19-9-10-20-22(14-19)33-13-12-32-20)23(30)17-34-25-27-26-24(21-8-5-11-31-21)29(25)16-18-6-3-2-4-7-18/h2-11,14H,12-13,15-17H2,1H3. The van der Waals surface area contributed by atoms with Crippen molar-refractivity contribution in [3.8, 4) is 23.1 Å². The van der Waals surface area contributed by atoms with Crippen molar-refractivity contribution in [2.24, 2.45) is 0 Å². The Kier molecular flexibility index (Phi) is 6.53. The van der Waals surface area contributed by atoms with E-state index in [9.17, 15) is 4.79 Å². The van der Waals surface area contributed by atoms with Crippen molar-refractivity contribution >= 4 is 17.7 Å². The zero-order valence-corrected chi connectivity index (χ0v) is 19.5. The molecule has 1 amide bonds. The number of ether oxygens (including phenoxy) is 2. The lowest BCUT2D eigenvalue weighted by Crippen LogP contribution is -2.28. The Morgan fingerprint density at radius 3 is 2.62 bits per heavy atom. The average Bonchev–Trinajstić information content (AvgIpc) is 3.53. The summed E-state index contributed by atoms with van der Waals surface area (Å²) in [7, 11) is 1.79. The molecule has 0 atom stereocenters. The van der Waals surface area contributed by atoms with Gasteiger partial charge in [0.2, 0.25) is 11.7 Å². The monoisotopic (exact) mass is 476 g/mol. The van der Waals surface area contributed by atoms with E-state index in [1.807, 2.05) is 65.2 Å². The minimum atomic E-state index is -0.00583. The number of furan rings is 1. The fourth-order valence-electron chi connectivity index (χ4n) is 3.68. The third-order valence-electron chi connectivity index (χ3n) is 5.42. The maximum atomic E-state index is 12.9. The van der Waals surface area contributed by atoms with Crippen LogP contribution < -0.4 is 9.47 Å². The SMILES string of the molecule is CN(Cc1ccc2c(c1)OCCO2)C(=O)CSc1nnc(-c2ccco2)n1Cc1ccccc1. The van der Waals surface area contributed by atoms with Crippen molar-refractivity contribution in [1.82, 2.24) is 19.7 Å². The highest BCUT2D eigenvalue weighted by atomic mass is 32.2. The molecule has 8 nitrogen and oxygen atoms in total. The Hall–Kier alpha value is -3.72.